The van der Waals surface area contributed by atoms with E-state index < -0.39 is 0 Å². The summed E-state index contributed by atoms with van der Waals surface area (Å²) in [6.07, 6.45) is 0.455. The van der Waals surface area contributed by atoms with E-state index in [0.717, 1.165) is 22.6 Å². The first kappa shape index (κ1) is 20.8. The number of carbonyl (C=O) groups is 1. The Kier molecular flexibility index (Phi) is 5.34. The molecule has 8 heteroatoms. The topological polar surface area (TPSA) is 88.9 Å². The van der Waals surface area contributed by atoms with Crippen LogP contribution in [0.15, 0.2) is 59.4 Å². The fourth-order valence-corrected chi connectivity index (χ4v) is 4.07. The third-order valence-electron chi connectivity index (χ3n) is 5.96. The van der Waals surface area contributed by atoms with E-state index in [1.54, 1.807) is 12.0 Å². The molecule has 1 aliphatic rings. The molecule has 0 fully saturated rings. The minimum atomic E-state index is -0.127. The molecule has 2 aromatic carbocycles. The molecule has 8 nitrogen and oxygen atoms in total. The minimum Gasteiger partial charge on any atom is -0.497 e. The molecule has 4 aromatic rings. The molecule has 0 bridgehead atoms. The minimum absolute atomic E-state index is 0.0484. The smallest absolute Gasteiger partial charge is 0.276 e. The molecule has 1 amide bonds. The van der Waals surface area contributed by atoms with E-state index >= 15 is 0 Å². The summed E-state index contributed by atoms with van der Waals surface area (Å²) < 4.78 is 12.4. The molecular weight excluding hydrogens is 420 g/mol. The van der Waals surface area contributed by atoms with Gasteiger partial charge in [-0.15, -0.1) is 0 Å². The van der Waals surface area contributed by atoms with Crippen molar-refractivity contribution in [2.45, 2.75) is 19.9 Å². The van der Waals surface area contributed by atoms with Gasteiger partial charge in [0.05, 0.1) is 25.0 Å². The van der Waals surface area contributed by atoms with Crippen molar-refractivity contribution >= 4 is 11.6 Å². The number of aromatic nitrogens is 3. The average Bonchev–Trinajstić information content (AvgIpc) is 3.27. The number of hydrogen-bond acceptors (Lipinski definition) is 5. The molecule has 3 heterocycles. The molecule has 0 saturated heterocycles. The Morgan fingerprint density at radius 2 is 1.94 bits per heavy atom. The molecule has 1 N–H and O–H groups in total. The van der Waals surface area contributed by atoms with E-state index in [2.05, 4.69) is 5.10 Å². The lowest BCUT2D eigenvalue weighted by molar-refractivity contribution is -0.134. The largest absolute Gasteiger partial charge is 0.497 e. The van der Waals surface area contributed by atoms with Gasteiger partial charge in [0, 0.05) is 18.2 Å². The first-order chi connectivity index (χ1) is 16.0. The van der Waals surface area contributed by atoms with E-state index in [1.165, 1.54) is 4.52 Å². The second-order valence-electron chi connectivity index (χ2n) is 8.05. The number of nitrogens with zero attached hydrogens (tertiary/aromatic N) is 3. The Morgan fingerprint density at radius 3 is 2.70 bits per heavy atom. The normalized spacial score (nSPS) is 13.1. The summed E-state index contributed by atoms with van der Waals surface area (Å²) in [7, 11) is 1.62. The lowest BCUT2D eigenvalue weighted by Gasteiger charge is -2.27. The predicted molar refractivity (Wildman–Crippen MR) is 124 cm³/mol. The molecule has 5 rings (SSSR count). The maximum absolute atomic E-state index is 13.1. The summed E-state index contributed by atoms with van der Waals surface area (Å²) in [5, 5.41) is 3.15. The third kappa shape index (κ3) is 3.95. The van der Waals surface area contributed by atoms with Gasteiger partial charge < -0.3 is 14.4 Å². The Balaban J connectivity index is 1.37. The Hall–Kier alpha value is -4.07. The van der Waals surface area contributed by atoms with Crippen molar-refractivity contribution in [3.63, 3.8) is 0 Å². The highest BCUT2D eigenvalue weighted by Crippen LogP contribution is 2.23. The van der Waals surface area contributed by atoms with Gasteiger partial charge in [-0.1, -0.05) is 18.2 Å². The van der Waals surface area contributed by atoms with Crippen molar-refractivity contribution in [3.8, 4) is 22.8 Å². The first-order valence-electron chi connectivity index (χ1n) is 10.8. The molecule has 0 saturated carbocycles. The van der Waals surface area contributed by atoms with Gasteiger partial charge >= 0.3 is 0 Å². The highest BCUT2D eigenvalue weighted by molar-refractivity contribution is 5.78. The van der Waals surface area contributed by atoms with Gasteiger partial charge in [0.15, 0.2) is 12.3 Å². The highest BCUT2D eigenvalue weighted by Gasteiger charge is 2.25. The number of ether oxygens (including phenoxy) is 2. The molecule has 0 aliphatic carbocycles. The summed E-state index contributed by atoms with van der Waals surface area (Å²) >= 11 is 0. The summed E-state index contributed by atoms with van der Waals surface area (Å²) in [5.41, 5.74) is 4.35. The fraction of sp³-hybridized carbons (Fsp3) is 0.240. The lowest BCUT2D eigenvalue weighted by atomic mass is 10.1. The van der Waals surface area contributed by atoms with Crippen LogP contribution in [0.5, 0.6) is 11.5 Å². The first-order valence-corrected chi connectivity index (χ1v) is 10.8. The number of nitrogens with one attached hydrogen (secondary N) is 1. The zero-order chi connectivity index (χ0) is 22.9. The van der Waals surface area contributed by atoms with E-state index in [-0.39, 0.29) is 18.1 Å². The lowest BCUT2D eigenvalue weighted by Crippen LogP contribution is -2.41. The number of amides is 1. The predicted octanol–water partition coefficient (Wildman–Crippen LogP) is 2.97. The number of para-hydroxylation sites is 1. The molecule has 1 aliphatic heterocycles. The van der Waals surface area contributed by atoms with Crippen LogP contribution in [0.2, 0.25) is 0 Å². The van der Waals surface area contributed by atoms with Crippen LogP contribution in [0.1, 0.15) is 16.8 Å². The number of hydrogen-bond donors (Lipinski definition) is 1. The standard InChI is InChI=1S/C25H24N4O4/c1-16-5-3-4-6-22(16)33-15-24(30)28-12-11-19-21(14-28)26-23-13-20(27-29(23)25(19)31)17-7-9-18(32-2)10-8-17/h3-10,13,27H,11-12,14-15H2,1-2H3. The van der Waals surface area contributed by atoms with Gasteiger partial charge in [0.1, 0.15) is 11.5 Å². The molecule has 0 spiro atoms. The number of H-pyrrole nitrogens is 1. The van der Waals surface area contributed by atoms with E-state index in [9.17, 15) is 9.59 Å². The maximum atomic E-state index is 13.1. The number of rotatable bonds is 5. The summed E-state index contributed by atoms with van der Waals surface area (Å²) in [5.74, 6) is 1.33. The monoisotopic (exact) mass is 444 g/mol. The van der Waals surface area contributed by atoms with Crippen molar-refractivity contribution < 1.29 is 14.3 Å². The van der Waals surface area contributed by atoms with Gasteiger partial charge in [-0.2, -0.15) is 0 Å². The van der Waals surface area contributed by atoms with E-state index in [1.807, 2.05) is 61.5 Å². The van der Waals surface area contributed by atoms with Gasteiger partial charge in [-0.05, 0) is 54.8 Å². The van der Waals surface area contributed by atoms with Gasteiger partial charge in [-0.25, -0.2) is 9.50 Å². The maximum Gasteiger partial charge on any atom is 0.276 e. The van der Waals surface area contributed by atoms with Gasteiger partial charge in [0.25, 0.3) is 11.5 Å². The van der Waals surface area contributed by atoms with Crippen LogP contribution in [0.3, 0.4) is 0 Å². The van der Waals surface area contributed by atoms with Crippen molar-refractivity contribution in [1.82, 2.24) is 19.5 Å². The zero-order valence-electron chi connectivity index (χ0n) is 18.5. The molecular formula is C25H24N4O4. The summed E-state index contributed by atoms with van der Waals surface area (Å²) in [6, 6.07) is 17.0. The Labute approximate surface area is 190 Å². The van der Waals surface area contributed by atoms with Crippen molar-refractivity contribution in [3.05, 3.63) is 81.8 Å². The SMILES string of the molecule is COc1ccc(-c2cc3nc4c(c(=O)n3[nH]2)CCN(C(=O)COc2ccccc2C)C4)cc1. The molecule has 0 radical (unpaired) electrons. The zero-order valence-corrected chi connectivity index (χ0v) is 18.5. The number of benzene rings is 2. The van der Waals surface area contributed by atoms with Crippen molar-refractivity contribution in [2.75, 3.05) is 20.3 Å². The van der Waals surface area contributed by atoms with Crippen molar-refractivity contribution in [2.24, 2.45) is 0 Å². The van der Waals surface area contributed by atoms with Crippen molar-refractivity contribution in [1.29, 1.82) is 0 Å². The van der Waals surface area contributed by atoms with Crippen LogP contribution in [0, 0.1) is 6.92 Å². The Morgan fingerprint density at radius 1 is 1.15 bits per heavy atom. The molecule has 168 valence electrons. The van der Waals surface area contributed by atoms with Crippen LogP contribution in [0.25, 0.3) is 16.9 Å². The molecule has 33 heavy (non-hydrogen) atoms. The molecule has 0 atom stereocenters. The summed E-state index contributed by atoms with van der Waals surface area (Å²) in [4.78, 5) is 32.2. The third-order valence-corrected chi connectivity index (χ3v) is 5.96. The van der Waals surface area contributed by atoms with E-state index in [4.69, 9.17) is 14.5 Å². The number of fused-ring (bicyclic) bond motifs is 2. The number of aryl methyl sites for hydroxylation is 1. The van der Waals surface area contributed by atoms with Gasteiger partial charge in [0.2, 0.25) is 0 Å². The average molecular weight is 444 g/mol. The second kappa shape index (κ2) is 8.46. The van der Waals surface area contributed by atoms with Crippen LogP contribution >= 0.6 is 0 Å². The van der Waals surface area contributed by atoms with Crippen LogP contribution < -0.4 is 15.0 Å². The number of aromatic amines is 1. The van der Waals surface area contributed by atoms with Crippen LogP contribution in [0.4, 0.5) is 0 Å². The highest BCUT2D eigenvalue weighted by atomic mass is 16.5. The van der Waals surface area contributed by atoms with E-state index in [0.29, 0.717) is 42.2 Å². The second-order valence-corrected chi connectivity index (χ2v) is 8.05. The van der Waals surface area contributed by atoms with Crippen LogP contribution in [-0.2, 0) is 17.8 Å². The Bertz CT molecular complexity index is 1390. The quantitative estimate of drug-likeness (QED) is 0.511. The molecule has 0 unspecified atom stereocenters. The summed E-state index contributed by atoms with van der Waals surface area (Å²) in [6.45, 7) is 2.64. The number of carbonyl (C=O) groups excluding carboxylic acids is 1. The van der Waals surface area contributed by atoms with Gasteiger partial charge in [-0.3, -0.25) is 14.7 Å². The fourth-order valence-electron chi connectivity index (χ4n) is 4.07. The van der Waals surface area contributed by atoms with Crippen LogP contribution in [-0.4, -0.2) is 45.7 Å². The number of methoxy groups -OCH3 is 1. The molecule has 2 aromatic heterocycles.